The van der Waals surface area contributed by atoms with Gasteiger partial charge in [-0.1, -0.05) is 0 Å². The Balaban J connectivity index is 2.00. The average Bonchev–Trinajstić information content (AvgIpc) is 2.49. The van der Waals surface area contributed by atoms with Crippen LogP contribution in [0.25, 0.3) is 0 Å². The summed E-state index contributed by atoms with van der Waals surface area (Å²) in [4.78, 5) is 23.4. The minimum absolute atomic E-state index is 0.0110. The zero-order chi connectivity index (χ0) is 15.2. The van der Waals surface area contributed by atoms with Crippen LogP contribution in [0, 0.1) is 11.7 Å². The van der Waals surface area contributed by atoms with Crippen LogP contribution in [0.3, 0.4) is 0 Å². The van der Waals surface area contributed by atoms with Crippen LogP contribution in [0.2, 0.25) is 0 Å². The number of amides is 1. The van der Waals surface area contributed by atoms with Gasteiger partial charge in [0, 0.05) is 6.42 Å². The molecule has 0 spiro atoms. The summed E-state index contributed by atoms with van der Waals surface area (Å²) in [6, 6.07) is 3.76. The van der Waals surface area contributed by atoms with Crippen LogP contribution in [0.1, 0.15) is 29.6 Å². The van der Waals surface area contributed by atoms with Crippen molar-refractivity contribution in [2.75, 3.05) is 25.5 Å². The number of rotatable bonds is 4. The quantitative estimate of drug-likeness (QED) is 0.833. The third kappa shape index (κ3) is 4.26. The second-order valence-corrected chi connectivity index (χ2v) is 5.13. The number of anilines is 1. The summed E-state index contributed by atoms with van der Waals surface area (Å²) in [5.74, 6) is -1.05. The minimum Gasteiger partial charge on any atom is -0.465 e. The molecule has 5 nitrogen and oxygen atoms in total. The zero-order valence-corrected chi connectivity index (χ0v) is 11.9. The number of piperidine rings is 1. The van der Waals surface area contributed by atoms with Gasteiger partial charge in [0.25, 0.3) is 0 Å². The summed E-state index contributed by atoms with van der Waals surface area (Å²) in [5.41, 5.74) is 0.216. The van der Waals surface area contributed by atoms with Crippen molar-refractivity contribution in [1.82, 2.24) is 5.32 Å². The fraction of sp³-hybridized carbons (Fsp3) is 0.467. The van der Waals surface area contributed by atoms with E-state index in [-0.39, 0.29) is 17.2 Å². The van der Waals surface area contributed by atoms with E-state index in [2.05, 4.69) is 15.4 Å². The summed E-state index contributed by atoms with van der Waals surface area (Å²) in [6.07, 6.45) is 2.25. The Hall–Kier alpha value is -1.95. The molecule has 0 radical (unpaired) electrons. The van der Waals surface area contributed by atoms with Crippen molar-refractivity contribution in [1.29, 1.82) is 0 Å². The molecule has 1 aromatic carbocycles. The molecule has 2 rings (SSSR count). The van der Waals surface area contributed by atoms with E-state index in [0.29, 0.717) is 12.3 Å². The zero-order valence-electron chi connectivity index (χ0n) is 11.9. The van der Waals surface area contributed by atoms with E-state index >= 15 is 0 Å². The van der Waals surface area contributed by atoms with E-state index in [9.17, 15) is 14.0 Å². The Kier molecular flexibility index (Phi) is 5.27. The van der Waals surface area contributed by atoms with Gasteiger partial charge in [0.1, 0.15) is 5.82 Å². The van der Waals surface area contributed by atoms with Crippen molar-refractivity contribution >= 4 is 17.6 Å². The Bertz CT molecular complexity index is 528. The van der Waals surface area contributed by atoms with E-state index in [0.717, 1.165) is 32.0 Å². The van der Waals surface area contributed by atoms with Gasteiger partial charge in [-0.25, -0.2) is 9.18 Å². The van der Waals surface area contributed by atoms with E-state index in [4.69, 9.17) is 0 Å². The number of carbonyl (C=O) groups is 2. The maximum absolute atomic E-state index is 13.7. The summed E-state index contributed by atoms with van der Waals surface area (Å²) < 4.78 is 18.3. The second-order valence-electron chi connectivity index (χ2n) is 5.13. The number of esters is 1. The normalized spacial score (nSPS) is 15.5. The molecule has 0 bridgehead atoms. The molecule has 0 aliphatic carbocycles. The summed E-state index contributed by atoms with van der Waals surface area (Å²) >= 11 is 0. The topological polar surface area (TPSA) is 67.4 Å². The number of methoxy groups -OCH3 is 1. The standard InChI is InChI=1S/C15H19FN2O3/c1-21-15(20)11-2-3-12(16)13(9-11)18-14(19)8-10-4-6-17-7-5-10/h2-3,9-10,17H,4-8H2,1H3,(H,18,19). The van der Waals surface area contributed by atoms with Crippen molar-refractivity contribution in [3.63, 3.8) is 0 Å². The molecule has 1 aliphatic heterocycles. The van der Waals surface area contributed by atoms with Gasteiger partial charge in [-0.05, 0) is 50.0 Å². The maximum Gasteiger partial charge on any atom is 0.337 e. The van der Waals surface area contributed by atoms with Crippen molar-refractivity contribution in [3.05, 3.63) is 29.6 Å². The van der Waals surface area contributed by atoms with Gasteiger partial charge in [0.2, 0.25) is 5.91 Å². The van der Waals surface area contributed by atoms with E-state index < -0.39 is 11.8 Å². The molecule has 0 saturated carbocycles. The molecule has 114 valence electrons. The number of carbonyl (C=O) groups excluding carboxylic acids is 2. The maximum atomic E-state index is 13.7. The van der Waals surface area contributed by atoms with Gasteiger partial charge in [-0.2, -0.15) is 0 Å². The fourth-order valence-corrected chi connectivity index (χ4v) is 2.42. The highest BCUT2D eigenvalue weighted by Gasteiger charge is 2.18. The first-order valence-electron chi connectivity index (χ1n) is 6.98. The van der Waals surface area contributed by atoms with Crippen molar-refractivity contribution < 1.29 is 18.7 Å². The van der Waals surface area contributed by atoms with Crippen LogP contribution >= 0.6 is 0 Å². The van der Waals surface area contributed by atoms with E-state index in [1.165, 1.54) is 19.2 Å². The second kappa shape index (κ2) is 7.17. The van der Waals surface area contributed by atoms with Gasteiger partial charge in [-0.15, -0.1) is 0 Å². The predicted octanol–water partition coefficient (Wildman–Crippen LogP) is 1.94. The summed E-state index contributed by atoms with van der Waals surface area (Å²) in [7, 11) is 1.25. The Morgan fingerprint density at radius 3 is 2.76 bits per heavy atom. The van der Waals surface area contributed by atoms with Crippen LogP contribution in [-0.2, 0) is 9.53 Å². The number of halogens is 1. The molecule has 1 heterocycles. The molecule has 1 aliphatic rings. The van der Waals surface area contributed by atoms with Gasteiger partial charge >= 0.3 is 5.97 Å². The van der Waals surface area contributed by atoms with E-state index in [1.54, 1.807) is 0 Å². The summed E-state index contributed by atoms with van der Waals surface area (Å²) in [6.45, 7) is 1.81. The predicted molar refractivity (Wildman–Crippen MR) is 76.6 cm³/mol. The van der Waals surface area contributed by atoms with Gasteiger partial charge in [0.15, 0.2) is 0 Å². The first-order chi connectivity index (χ1) is 10.1. The minimum atomic E-state index is -0.568. The fourth-order valence-electron chi connectivity index (χ4n) is 2.42. The molecule has 1 aromatic rings. The van der Waals surface area contributed by atoms with Crippen molar-refractivity contribution in [3.8, 4) is 0 Å². The van der Waals surface area contributed by atoms with Crippen LogP contribution in [0.15, 0.2) is 18.2 Å². The molecule has 2 N–H and O–H groups in total. The molecular formula is C15H19FN2O3. The SMILES string of the molecule is COC(=O)c1ccc(F)c(NC(=O)CC2CCNCC2)c1. The Morgan fingerprint density at radius 1 is 1.38 bits per heavy atom. The molecule has 0 aromatic heterocycles. The first-order valence-corrected chi connectivity index (χ1v) is 6.98. The van der Waals surface area contributed by atoms with Gasteiger partial charge < -0.3 is 15.4 Å². The number of benzene rings is 1. The molecule has 0 atom stereocenters. The third-order valence-corrected chi connectivity index (χ3v) is 3.59. The molecular weight excluding hydrogens is 275 g/mol. The highest BCUT2D eigenvalue weighted by Crippen LogP contribution is 2.20. The Morgan fingerprint density at radius 2 is 2.10 bits per heavy atom. The van der Waals surface area contributed by atoms with E-state index in [1.807, 2.05) is 0 Å². The highest BCUT2D eigenvalue weighted by molar-refractivity contribution is 5.94. The molecule has 6 heteroatoms. The number of hydrogen-bond acceptors (Lipinski definition) is 4. The first kappa shape index (κ1) is 15.4. The smallest absolute Gasteiger partial charge is 0.337 e. The van der Waals surface area contributed by atoms with Crippen LogP contribution in [0.4, 0.5) is 10.1 Å². The highest BCUT2D eigenvalue weighted by atomic mass is 19.1. The van der Waals surface area contributed by atoms with Gasteiger partial charge in [0.05, 0.1) is 18.4 Å². The van der Waals surface area contributed by atoms with Crippen molar-refractivity contribution in [2.24, 2.45) is 5.92 Å². The lowest BCUT2D eigenvalue weighted by Crippen LogP contribution is -2.30. The summed E-state index contributed by atoms with van der Waals surface area (Å²) in [5, 5.41) is 5.76. The molecule has 0 unspecified atom stereocenters. The average molecular weight is 294 g/mol. The lowest BCUT2D eigenvalue weighted by molar-refractivity contribution is -0.117. The van der Waals surface area contributed by atoms with Crippen LogP contribution in [0.5, 0.6) is 0 Å². The van der Waals surface area contributed by atoms with Crippen molar-refractivity contribution in [2.45, 2.75) is 19.3 Å². The lowest BCUT2D eigenvalue weighted by atomic mass is 9.94. The number of nitrogens with one attached hydrogen (secondary N) is 2. The lowest BCUT2D eigenvalue weighted by Gasteiger charge is -2.22. The largest absolute Gasteiger partial charge is 0.465 e. The third-order valence-electron chi connectivity index (χ3n) is 3.59. The Labute approximate surface area is 122 Å². The van der Waals surface area contributed by atoms with Crippen LogP contribution in [-0.4, -0.2) is 32.1 Å². The molecule has 21 heavy (non-hydrogen) atoms. The van der Waals surface area contributed by atoms with Crippen LogP contribution < -0.4 is 10.6 Å². The van der Waals surface area contributed by atoms with Gasteiger partial charge in [-0.3, -0.25) is 4.79 Å². The number of hydrogen-bond donors (Lipinski definition) is 2. The molecule has 1 saturated heterocycles. The number of ether oxygens (including phenoxy) is 1. The monoisotopic (exact) mass is 294 g/mol. The molecule has 1 amide bonds. The molecule has 1 fully saturated rings.